The van der Waals surface area contributed by atoms with Crippen LogP contribution in [0.5, 0.6) is 0 Å². The Labute approximate surface area is 179 Å². The number of aliphatic hydroxyl groups is 1. The Morgan fingerprint density at radius 2 is 2.13 bits per heavy atom. The first-order valence-corrected chi connectivity index (χ1v) is 10.8. The third-order valence-electron chi connectivity index (χ3n) is 6.02. The number of H-pyrrole nitrogens is 1. The Morgan fingerprint density at radius 1 is 1.32 bits per heavy atom. The number of aromatic amines is 1. The van der Waals surface area contributed by atoms with Crippen molar-refractivity contribution in [2.24, 2.45) is 0 Å². The minimum absolute atomic E-state index is 0.0610. The van der Waals surface area contributed by atoms with Crippen molar-refractivity contribution in [3.05, 3.63) is 79.4 Å². The number of carbonyl (C=O) groups excluding carboxylic acids is 1. The Kier molecular flexibility index (Phi) is 4.71. The first-order valence-electron chi connectivity index (χ1n) is 9.83. The molecule has 5 rings (SSSR count). The van der Waals surface area contributed by atoms with Crippen LogP contribution in [0.15, 0.2) is 33.9 Å². The van der Waals surface area contributed by atoms with Gasteiger partial charge in [-0.2, -0.15) is 0 Å². The summed E-state index contributed by atoms with van der Waals surface area (Å²) in [5.74, 6) is -2.61. The standard InChI is InChI=1S/C21H18F2N4O3S/c22-13-3-1-2-11(16(13)23)17(28)19(30)27-7-4-14-12(8-27)18(29)26-20(25-14)21(5-6-21)15-9-31-10-24-15/h1-3,9-10,17,28H,4-8H2,(H,25,26,29)/t17-/m1/s1. The number of halogens is 2. The van der Waals surface area contributed by atoms with E-state index in [2.05, 4.69) is 15.0 Å². The largest absolute Gasteiger partial charge is 0.378 e. The molecule has 0 saturated heterocycles. The number of hydrogen-bond donors (Lipinski definition) is 2. The molecule has 0 spiro atoms. The number of nitrogens with zero attached hydrogens (tertiary/aromatic N) is 3. The molecule has 31 heavy (non-hydrogen) atoms. The maximum atomic E-state index is 14.0. The molecule has 1 aliphatic carbocycles. The topological polar surface area (TPSA) is 99.2 Å². The first kappa shape index (κ1) is 20.0. The molecule has 1 fully saturated rings. The molecule has 1 saturated carbocycles. The van der Waals surface area contributed by atoms with Crippen LogP contribution >= 0.6 is 11.3 Å². The minimum atomic E-state index is -1.86. The summed E-state index contributed by atoms with van der Waals surface area (Å²) in [5, 5.41) is 12.3. The van der Waals surface area contributed by atoms with E-state index >= 15 is 0 Å². The molecule has 0 unspecified atom stereocenters. The van der Waals surface area contributed by atoms with E-state index < -0.39 is 29.2 Å². The van der Waals surface area contributed by atoms with Gasteiger partial charge in [-0.05, 0) is 18.9 Å². The molecule has 2 aromatic heterocycles. The fourth-order valence-corrected chi connectivity index (χ4v) is 4.72. The van der Waals surface area contributed by atoms with E-state index in [1.807, 2.05) is 5.38 Å². The van der Waals surface area contributed by atoms with Gasteiger partial charge in [-0.25, -0.2) is 18.7 Å². The van der Waals surface area contributed by atoms with Gasteiger partial charge in [-0.15, -0.1) is 11.3 Å². The number of thiazole rings is 1. The van der Waals surface area contributed by atoms with Crippen molar-refractivity contribution >= 4 is 17.2 Å². The molecule has 1 aromatic carbocycles. The van der Waals surface area contributed by atoms with Crippen molar-refractivity contribution in [3.63, 3.8) is 0 Å². The average Bonchev–Trinajstić information content (AvgIpc) is 3.40. The van der Waals surface area contributed by atoms with Gasteiger partial charge < -0.3 is 15.0 Å². The fraction of sp³-hybridized carbons (Fsp3) is 0.333. The van der Waals surface area contributed by atoms with E-state index in [9.17, 15) is 23.5 Å². The average molecular weight is 444 g/mol. The SMILES string of the molecule is O=C([C@H](O)c1cccc(F)c1F)N1CCc2nc(C3(c4cscn4)CC3)[nH]c(=O)c2C1. The molecule has 1 aliphatic heterocycles. The van der Waals surface area contributed by atoms with Crippen LogP contribution in [0, 0.1) is 11.6 Å². The molecule has 1 amide bonds. The van der Waals surface area contributed by atoms with Crippen LogP contribution < -0.4 is 5.56 Å². The summed E-state index contributed by atoms with van der Waals surface area (Å²) in [5.41, 5.74) is 2.46. The molecule has 2 aliphatic rings. The summed E-state index contributed by atoms with van der Waals surface area (Å²) >= 11 is 1.49. The van der Waals surface area contributed by atoms with Gasteiger partial charge in [0.2, 0.25) is 0 Å². The number of amides is 1. The lowest BCUT2D eigenvalue weighted by Crippen LogP contribution is -2.42. The number of fused-ring (bicyclic) bond motifs is 1. The summed E-state index contributed by atoms with van der Waals surface area (Å²) in [4.78, 5) is 38.7. The molecular formula is C21H18F2N4O3S. The normalized spacial score (nSPS) is 17.8. The van der Waals surface area contributed by atoms with E-state index in [4.69, 9.17) is 0 Å². The lowest BCUT2D eigenvalue weighted by Gasteiger charge is -2.30. The van der Waals surface area contributed by atoms with E-state index in [0.717, 1.165) is 30.7 Å². The summed E-state index contributed by atoms with van der Waals surface area (Å²) in [6, 6.07) is 3.29. The van der Waals surface area contributed by atoms with Crippen LogP contribution in [0.1, 0.15) is 47.3 Å². The molecule has 10 heteroatoms. The second-order valence-corrected chi connectivity index (χ2v) is 8.57. The molecule has 7 nitrogen and oxygen atoms in total. The Hall–Kier alpha value is -2.98. The maximum Gasteiger partial charge on any atom is 0.256 e. The summed E-state index contributed by atoms with van der Waals surface area (Å²) in [6.45, 7) is 0.147. The zero-order valence-electron chi connectivity index (χ0n) is 16.3. The molecular weight excluding hydrogens is 426 g/mol. The van der Waals surface area contributed by atoms with Crippen LogP contribution in [0.3, 0.4) is 0 Å². The number of aromatic nitrogens is 3. The molecule has 160 valence electrons. The zero-order valence-corrected chi connectivity index (χ0v) is 17.1. The van der Waals surface area contributed by atoms with E-state index in [1.165, 1.54) is 22.3 Å². The number of nitrogens with one attached hydrogen (secondary N) is 1. The van der Waals surface area contributed by atoms with Crippen LogP contribution in [0.2, 0.25) is 0 Å². The van der Waals surface area contributed by atoms with Crippen LogP contribution in [0.25, 0.3) is 0 Å². The predicted molar refractivity (Wildman–Crippen MR) is 107 cm³/mol. The number of hydrogen-bond acceptors (Lipinski definition) is 6. The third-order valence-corrected chi connectivity index (χ3v) is 6.60. The van der Waals surface area contributed by atoms with Crippen LogP contribution in [0.4, 0.5) is 8.78 Å². The molecule has 0 bridgehead atoms. The Balaban J connectivity index is 1.41. The zero-order chi connectivity index (χ0) is 21.8. The first-order chi connectivity index (χ1) is 14.9. The lowest BCUT2D eigenvalue weighted by atomic mass is 10.00. The van der Waals surface area contributed by atoms with Crippen LogP contribution in [-0.4, -0.2) is 37.4 Å². The summed E-state index contributed by atoms with van der Waals surface area (Å²) < 4.78 is 27.5. The van der Waals surface area contributed by atoms with Gasteiger partial charge in [0.15, 0.2) is 17.7 Å². The number of aliphatic hydroxyl groups excluding tert-OH is 1. The summed E-state index contributed by atoms with van der Waals surface area (Å²) in [6.07, 6.45) is 0.176. The minimum Gasteiger partial charge on any atom is -0.378 e. The van der Waals surface area contributed by atoms with Gasteiger partial charge in [-0.3, -0.25) is 9.59 Å². The second-order valence-electron chi connectivity index (χ2n) is 7.85. The highest BCUT2D eigenvalue weighted by Crippen LogP contribution is 2.51. The second kappa shape index (κ2) is 7.31. The highest BCUT2D eigenvalue weighted by molar-refractivity contribution is 7.07. The van der Waals surface area contributed by atoms with E-state index in [1.54, 1.807) is 5.51 Å². The molecule has 0 radical (unpaired) electrons. The Bertz CT molecular complexity index is 1220. The lowest BCUT2D eigenvalue weighted by molar-refractivity contribution is -0.141. The van der Waals surface area contributed by atoms with Gasteiger partial charge in [0, 0.05) is 23.9 Å². The Morgan fingerprint density at radius 3 is 2.84 bits per heavy atom. The predicted octanol–water partition coefficient (Wildman–Crippen LogP) is 2.20. The van der Waals surface area contributed by atoms with Gasteiger partial charge in [0.1, 0.15) is 5.82 Å². The van der Waals surface area contributed by atoms with Crippen molar-refractivity contribution in [2.75, 3.05) is 6.54 Å². The van der Waals surface area contributed by atoms with Gasteiger partial charge in [-0.1, -0.05) is 12.1 Å². The van der Waals surface area contributed by atoms with Gasteiger partial charge in [0.25, 0.3) is 11.5 Å². The molecule has 3 aromatic rings. The van der Waals surface area contributed by atoms with Crippen molar-refractivity contribution in [2.45, 2.75) is 37.3 Å². The van der Waals surface area contributed by atoms with Gasteiger partial charge >= 0.3 is 0 Å². The molecule has 1 atom stereocenters. The smallest absolute Gasteiger partial charge is 0.256 e. The highest BCUT2D eigenvalue weighted by Gasteiger charge is 2.50. The highest BCUT2D eigenvalue weighted by atomic mass is 32.1. The maximum absolute atomic E-state index is 14.0. The van der Waals surface area contributed by atoms with Crippen LogP contribution in [-0.2, 0) is 23.2 Å². The number of carbonyl (C=O) groups is 1. The van der Waals surface area contributed by atoms with Crippen molar-refractivity contribution < 1.29 is 18.7 Å². The fourth-order valence-electron chi connectivity index (χ4n) is 4.07. The van der Waals surface area contributed by atoms with Crippen molar-refractivity contribution in [3.8, 4) is 0 Å². The number of rotatable bonds is 4. The third kappa shape index (κ3) is 3.26. The number of benzene rings is 1. The summed E-state index contributed by atoms with van der Waals surface area (Å²) in [7, 11) is 0. The van der Waals surface area contributed by atoms with Crippen molar-refractivity contribution in [1.29, 1.82) is 0 Å². The van der Waals surface area contributed by atoms with E-state index in [-0.39, 0.29) is 24.1 Å². The van der Waals surface area contributed by atoms with Gasteiger partial charge in [0.05, 0.1) is 34.4 Å². The quantitative estimate of drug-likeness (QED) is 0.643. The monoisotopic (exact) mass is 444 g/mol. The van der Waals surface area contributed by atoms with E-state index in [0.29, 0.717) is 23.5 Å². The molecule has 3 heterocycles. The molecule has 2 N–H and O–H groups in total. The van der Waals surface area contributed by atoms with Crippen molar-refractivity contribution in [1.82, 2.24) is 19.9 Å².